The summed E-state index contributed by atoms with van der Waals surface area (Å²) in [5.74, 6) is 0.0871. The second-order valence-electron chi connectivity index (χ2n) is 5.13. The van der Waals surface area contributed by atoms with Gasteiger partial charge in [0.1, 0.15) is 5.75 Å². The van der Waals surface area contributed by atoms with Gasteiger partial charge in [-0.15, -0.1) is 0 Å². The van der Waals surface area contributed by atoms with Crippen LogP contribution in [0.4, 0.5) is 5.69 Å². The van der Waals surface area contributed by atoms with E-state index in [0.717, 1.165) is 12.8 Å². The second-order valence-corrected chi connectivity index (χ2v) is 5.13. The quantitative estimate of drug-likeness (QED) is 0.839. The van der Waals surface area contributed by atoms with Gasteiger partial charge in [0.25, 0.3) is 0 Å². The molecule has 1 saturated heterocycles. The first-order chi connectivity index (χ1) is 9.61. The second kappa shape index (κ2) is 6.41. The molecule has 2 rings (SSSR count). The van der Waals surface area contributed by atoms with Crippen LogP contribution in [-0.4, -0.2) is 36.9 Å². The molecule has 1 aromatic carbocycles. The summed E-state index contributed by atoms with van der Waals surface area (Å²) >= 11 is 0. The Kier molecular flexibility index (Phi) is 4.61. The maximum absolute atomic E-state index is 12.1. The average molecular weight is 276 g/mol. The molecule has 0 aromatic heterocycles. The Morgan fingerprint density at radius 2 is 1.90 bits per heavy atom. The molecule has 20 heavy (non-hydrogen) atoms. The maximum Gasteiger partial charge on any atom is 0.314 e. The third-order valence-electron chi connectivity index (χ3n) is 3.62. The molecule has 1 heterocycles. The van der Waals surface area contributed by atoms with E-state index in [1.165, 1.54) is 7.11 Å². The van der Waals surface area contributed by atoms with E-state index < -0.39 is 11.8 Å². The van der Waals surface area contributed by atoms with E-state index in [4.69, 9.17) is 4.74 Å². The van der Waals surface area contributed by atoms with Crippen molar-refractivity contribution >= 4 is 17.5 Å². The molecular weight excluding hydrogens is 256 g/mol. The largest absolute Gasteiger partial charge is 0.495 e. The number of amides is 2. The molecule has 5 heteroatoms. The molecule has 0 spiro atoms. The van der Waals surface area contributed by atoms with Gasteiger partial charge in [-0.2, -0.15) is 0 Å². The molecule has 0 aliphatic carbocycles. The molecule has 2 amide bonds. The van der Waals surface area contributed by atoms with E-state index in [1.54, 1.807) is 23.1 Å². The summed E-state index contributed by atoms with van der Waals surface area (Å²) in [7, 11) is 1.53. The van der Waals surface area contributed by atoms with Crippen molar-refractivity contribution in [2.45, 2.75) is 19.8 Å². The Morgan fingerprint density at radius 3 is 2.55 bits per heavy atom. The highest BCUT2D eigenvalue weighted by atomic mass is 16.5. The lowest BCUT2D eigenvalue weighted by Gasteiger charge is -2.29. The fourth-order valence-corrected chi connectivity index (χ4v) is 2.28. The van der Waals surface area contributed by atoms with Gasteiger partial charge in [-0.3, -0.25) is 9.59 Å². The van der Waals surface area contributed by atoms with Crippen LogP contribution in [0, 0.1) is 5.92 Å². The highest BCUT2D eigenvalue weighted by Gasteiger charge is 2.25. The minimum Gasteiger partial charge on any atom is -0.495 e. The lowest BCUT2D eigenvalue weighted by Crippen LogP contribution is -2.43. The molecule has 1 aliphatic heterocycles. The summed E-state index contributed by atoms with van der Waals surface area (Å²) in [6.07, 6.45) is 1.90. The zero-order valence-electron chi connectivity index (χ0n) is 11.9. The molecule has 0 bridgehead atoms. The Balaban J connectivity index is 1.99. The number of nitrogens with one attached hydrogen (secondary N) is 1. The highest BCUT2D eigenvalue weighted by molar-refractivity contribution is 6.39. The number of para-hydroxylation sites is 2. The highest BCUT2D eigenvalue weighted by Crippen LogP contribution is 2.23. The Hall–Kier alpha value is -2.04. The van der Waals surface area contributed by atoms with E-state index in [1.807, 2.05) is 6.07 Å². The third-order valence-corrected chi connectivity index (χ3v) is 3.62. The number of methoxy groups -OCH3 is 1. The molecule has 0 radical (unpaired) electrons. The standard InChI is InChI=1S/C15H20N2O3/c1-11-7-9-17(10-8-11)15(19)14(18)16-12-5-3-4-6-13(12)20-2/h3-6,11H,7-10H2,1-2H3,(H,16,18). The van der Waals surface area contributed by atoms with Crippen molar-refractivity contribution in [1.82, 2.24) is 4.90 Å². The van der Waals surface area contributed by atoms with Crippen molar-refractivity contribution in [1.29, 1.82) is 0 Å². The normalized spacial score (nSPS) is 15.8. The maximum atomic E-state index is 12.1. The lowest BCUT2D eigenvalue weighted by atomic mass is 9.99. The van der Waals surface area contributed by atoms with Crippen molar-refractivity contribution < 1.29 is 14.3 Å². The molecule has 5 nitrogen and oxygen atoms in total. The summed E-state index contributed by atoms with van der Waals surface area (Å²) in [6.45, 7) is 3.47. The molecule has 0 unspecified atom stereocenters. The van der Waals surface area contributed by atoms with Gasteiger partial charge in [-0.25, -0.2) is 0 Å². The van der Waals surface area contributed by atoms with Gasteiger partial charge in [-0.1, -0.05) is 19.1 Å². The molecule has 0 atom stereocenters. The van der Waals surface area contributed by atoms with Crippen LogP contribution in [-0.2, 0) is 9.59 Å². The minimum absolute atomic E-state index is 0.470. The summed E-state index contributed by atoms with van der Waals surface area (Å²) in [5.41, 5.74) is 0.513. The molecule has 1 aliphatic rings. The molecule has 0 saturated carbocycles. The van der Waals surface area contributed by atoms with Crippen molar-refractivity contribution in [3.63, 3.8) is 0 Å². The number of hydrogen-bond donors (Lipinski definition) is 1. The molecule has 1 fully saturated rings. The van der Waals surface area contributed by atoms with Crippen LogP contribution in [0.5, 0.6) is 5.75 Å². The van der Waals surface area contributed by atoms with Gasteiger partial charge < -0.3 is 15.0 Å². The van der Waals surface area contributed by atoms with E-state index in [0.29, 0.717) is 30.4 Å². The van der Waals surface area contributed by atoms with Crippen LogP contribution < -0.4 is 10.1 Å². The number of likely N-dealkylation sites (tertiary alicyclic amines) is 1. The number of ether oxygens (including phenoxy) is 1. The summed E-state index contributed by atoms with van der Waals surface area (Å²) in [5, 5.41) is 2.61. The van der Waals surface area contributed by atoms with E-state index >= 15 is 0 Å². The number of nitrogens with zero attached hydrogens (tertiary/aromatic N) is 1. The van der Waals surface area contributed by atoms with Gasteiger partial charge in [0.05, 0.1) is 12.8 Å². The van der Waals surface area contributed by atoms with Crippen LogP contribution >= 0.6 is 0 Å². The van der Waals surface area contributed by atoms with Crippen LogP contribution in [0.3, 0.4) is 0 Å². The van der Waals surface area contributed by atoms with Gasteiger partial charge in [-0.05, 0) is 30.9 Å². The Bertz CT molecular complexity index is 494. The topological polar surface area (TPSA) is 58.6 Å². The number of carbonyl (C=O) groups is 2. The first-order valence-corrected chi connectivity index (χ1v) is 6.85. The lowest BCUT2D eigenvalue weighted by molar-refractivity contribution is -0.144. The molecule has 1 aromatic rings. The number of benzene rings is 1. The van der Waals surface area contributed by atoms with Crippen molar-refractivity contribution in [2.24, 2.45) is 5.92 Å². The summed E-state index contributed by atoms with van der Waals surface area (Å²) < 4.78 is 5.15. The average Bonchev–Trinajstić information content (AvgIpc) is 2.48. The van der Waals surface area contributed by atoms with Crippen molar-refractivity contribution in [2.75, 3.05) is 25.5 Å². The number of anilines is 1. The van der Waals surface area contributed by atoms with Crippen LogP contribution in [0.1, 0.15) is 19.8 Å². The predicted octanol–water partition coefficient (Wildman–Crippen LogP) is 1.89. The number of hydrogen-bond acceptors (Lipinski definition) is 3. The third kappa shape index (κ3) is 3.29. The van der Waals surface area contributed by atoms with Gasteiger partial charge >= 0.3 is 11.8 Å². The van der Waals surface area contributed by atoms with Crippen LogP contribution in [0.25, 0.3) is 0 Å². The molecule has 108 valence electrons. The molecular formula is C15H20N2O3. The zero-order valence-corrected chi connectivity index (χ0v) is 11.9. The number of carbonyl (C=O) groups excluding carboxylic acids is 2. The zero-order chi connectivity index (χ0) is 14.5. The van der Waals surface area contributed by atoms with Crippen molar-refractivity contribution in [3.05, 3.63) is 24.3 Å². The number of piperidine rings is 1. The van der Waals surface area contributed by atoms with Gasteiger partial charge in [0.2, 0.25) is 0 Å². The van der Waals surface area contributed by atoms with E-state index in [-0.39, 0.29) is 0 Å². The smallest absolute Gasteiger partial charge is 0.314 e. The summed E-state index contributed by atoms with van der Waals surface area (Å²) in [4.78, 5) is 25.7. The van der Waals surface area contributed by atoms with Crippen LogP contribution in [0.15, 0.2) is 24.3 Å². The van der Waals surface area contributed by atoms with Crippen LogP contribution in [0.2, 0.25) is 0 Å². The van der Waals surface area contributed by atoms with Crippen molar-refractivity contribution in [3.8, 4) is 5.75 Å². The fraction of sp³-hybridized carbons (Fsp3) is 0.467. The Labute approximate surface area is 118 Å². The summed E-state index contributed by atoms with van der Waals surface area (Å²) in [6, 6.07) is 7.04. The van der Waals surface area contributed by atoms with Gasteiger partial charge in [0.15, 0.2) is 0 Å². The predicted molar refractivity (Wildman–Crippen MR) is 76.6 cm³/mol. The van der Waals surface area contributed by atoms with Gasteiger partial charge in [0, 0.05) is 13.1 Å². The Morgan fingerprint density at radius 1 is 1.25 bits per heavy atom. The first-order valence-electron chi connectivity index (χ1n) is 6.85. The fourth-order valence-electron chi connectivity index (χ4n) is 2.28. The first kappa shape index (κ1) is 14.4. The number of rotatable bonds is 2. The minimum atomic E-state index is -0.607. The van der Waals surface area contributed by atoms with E-state index in [9.17, 15) is 9.59 Å². The molecule has 1 N–H and O–H groups in total. The SMILES string of the molecule is COc1ccccc1NC(=O)C(=O)N1CCC(C)CC1. The monoisotopic (exact) mass is 276 g/mol. The van der Waals surface area contributed by atoms with E-state index in [2.05, 4.69) is 12.2 Å².